The zero-order valence-corrected chi connectivity index (χ0v) is 14.0. The Morgan fingerprint density at radius 3 is 0.500 bits per heavy atom. The van der Waals surface area contributed by atoms with Crippen molar-refractivity contribution < 1.29 is 74.2 Å². The van der Waals surface area contributed by atoms with E-state index >= 15 is 0 Å². The van der Waals surface area contributed by atoms with E-state index in [1.807, 2.05) is 0 Å². The van der Waals surface area contributed by atoms with Crippen LogP contribution in [0.4, 0.5) is 0 Å². The second-order valence-corrected chi connectivity index (χ2v) is 4.22. The smallest absolute Gasteiger partial charge is 0.790 e. The summed E-state index contributed by atoms with van der Waals surface area (Å²) < 4.78 is 26.0. The van der Waals surface area contributed by atoms with Crippen LogP contribution in [0.5, 0.6) is 0 Å². The molecule has 0 aliphatic heterocycles. The van der Waals surface area contributed by atoms with Gasteiger partial charge in [-0.1, -0.05) is 0 Å². The first-order chi connectivity index (χ1) is 6.00. The summed E-state index contributed by atoms with van der Waals surface area (Å²) in [7, 11) is -15.4. The molecule has 0 fully saturated rings. The average molecular weight is 396 g/mol. The first-order valence-electron chi connectivity index (χ1n) is 2.24. The summed E-state index contributed by atoms with van der Waals surface area (Å²) in [5.74, 6) is 0. The number of rotatable bonds is 0. The number of hydrogen-bond acceptors (Lipinski definition) is 9. The van der Waals surface area contributed by atoms with Gasteiger partial charge in [0.1, 0.15) is 0 Å². The van der Waals surface area contributed by atoms with E-state index in [4.69, 9.17) is 57.7 Å². The molecule has 0 aliphatic rings. The molecule has 0 bridgehead atoms. The van der Waals surface area contributed by atoms with E-state index < -0.39 is 23.5 Å². The van der Waals surface area contributed by atoms with Gasteiger partial charge in [0.25, 0.3) is 0 Å². The van der Waals surface area contributed by atoms with Gasteiger partial charge >= 0.3 is 34.7 Å². The fourth-order valence-corrected chi connectivity index (χ4v) is 0. The van der Waals surface area contributed by atoms with E-state index in [1.54, 1.807) is 0 Å². The minimum absolute atomic E-state index is 0. The van der Waals surface area contributed by atoms with Gasteiger partial charge in [-0.25, -0.2) is 0 Å². The molecule has 0 aromatic heterocycles. The third-order valence-corrected chi connectivity index (χ3v) is 0. The van der Waals surface area contributed by atoms with Crippen LogP contribution in [0.3, 0.4) is 0 Å². The molecule has 9 N–H and O–H groups in total. The summed E-state index contributed by atoms with van der Waals surface area (Å²) in [5, 5.41) is 0. The Bertz CT molecular complexity index is 207. The summed E-state index contributed by atoms with van der Waals surface area (Å²) in [6.45, 7) is 0. The van der Waals surface area contributed by atoms with Gasteiger partial charge in [-0.05, 0) is 0 Å². The van der Waals surface area contributed by atoms with Crippen molar-refractivity contribution >= 4 is 58.2 Å². The maximum Gasteiger partial charge on any atom is 3.00 e. The predicted octanol–water partition coefficient (Wildman–Crippen LogP) is -9.81. The third-order valence-electron chi connectivity index (χ3n) is 0. The van der Waals surface area contributed by atoms with Crippen molar-refractivity contribution in [3.05, 3.63) is 0 Å². The molecule has 0 aromatic rings. The van der Waals surface area contributed by atoms with Crippen LogP contribution in [-0.2, 0) is 13.7 Å². The van der Waals surface area contributed by atoms with Gasteiger partial charge in [-0.3, -0.25) is 0 Å². The number of hydrogen-bond donors (Lipinski definition) is 3. The molecule has 0 heterocycles. The van der Waals surface area contributed by atoms with Crippen LogP contribution >= 0.6 is 23.5 Å². The topological polar surface area (TPSA) is 345 Å². The molecule has 20 heteroatoms. The van der Waals surface area contributed by atoms with Crippen LogP contribution in [0.15, 0.2) is 0 Å². The Morgan fingerprint density at radius 1 is 0.500 bits per heavy atom. The molecule has 0 amide bonds. The quantitative estimate of drug-likeness (QED) is 0.254. The molecule has 15 nitrogen and oxygen atoms in total. The van der Waals surface area contributed by atoms with Gasteiger partial charge in [0, 0.05) is 0 Å². The standard InChI is InChI=1S/2Al.3H3O4P.3H2O/c;;3*1-5(2,3)4;;;/h;;3*(H3,1,2,3,4);3*1H2/q2*+3;;;;;;/p-6. The summed E-state index contributed by atoms with van der Waals surface area (Å²) in [6, 6.07) is 0. The molecule has 120 valence electrons. The summed E-state index contributed by atoms with van der Waals surface area (Å²) in [6.07, 6.45) is 0. The van der Waals surface area contributed by atoms with Crippen LogP contribution in [0, 0.1) is 0 Å². The van der Waals surface area contributed by atoms with Crippen LogP contribution in [0.1, 0.15) is 0 Å². The predicted molar refractivity (Wildman–Crippen MR) is 51.8 cm³/mol. The van der Waals surface area contributed by atoms with Gasteiger partial charge in [0.2, 0.25) is 0 Å². The van der Waals surface area contributed by atoms with Gasteiger partial charge in [-0.2, -0.15) is 0 Å². The van der Waals surface area contributed by atoms with Crippen LogP contribution < -0.4 is 29.4 Å². The Morgan fingerprint density at radius 2 is 0.500 bits per heavy atom. The van der Waals surface area contributed by atoms with Gasteiger partial charge in [-0.15, -0.1) is 0 Å². The van der Waals surface area contributed by atoms with E-state index in [-0.39, 0.29) is 51.2 Å². The van der Waals surface area contributed by atoms with Crippen molar-refractivity contribution in [2.24, 2.45) is 0 Å². The van der Waals surface area contributed by atoms with E-state index in [2.05, 4.69) is 0 Å². The molecule has 0 spiro atoms. The fourth-order valence-electron chi connectivity index (χ4n) is 0. The number of phosphoric acid groups is 3. The van der Waals surface area contributed by atoms with Crippen molar-refractivity contribution in [3.8, 4) is 0 Å². The molecular weight excluding hydrogens is 387 g/mol. The second-order valence-electron chi connectivity index (χ2n) is 1.41. The molecule has 0 radical (unpaired) electrons. The molecule has 0 aliphatic carbocycles. The minimum atomic E-state index is -5.14. The monoisotopic (exact) mass is 396 g/mol. The Kier molecular flexibility index (Phi) is 50.3. The van der Waals surface area contributed by atoms with Crippen molar-refractivity contribution in [3.63, 3.8) is 0 Å². The fraction of sp³-hybridized carbons (Fsp3) is 0. The molecule has 0 rings (SSSR count). The van der Waals surface area contributed by atoms with Crippen LogP contribution in [-0.4, -0.2) is 65.8 Å². The summed E-state index contributed by atoms with van der Waals surface area (Å²) >= 11 is 0. The average Bonchev–Trinajstić information content (AvgIpc) is 1.41. The largest absolute Gasteiger partial charge is 3.00 e. The van der Waals surface area contributed by atoms with E-state index in [0.29, 0.717) is 0 Å². The van der Waals surface area contributed by atoms with Gasteiger partial charge < -0.3 is 74.2 Å². The Hall–Kier alpha value is 1.27. The molecule has 0 saturated carbocycles. The van der Waals surface area contributed by atoms with E-state index in [1.165, 1.54) is 0 Å². The van der Waals surface area contributed by atoms with Crippen molar-refractivity contribution in [1.82, 2.24) is 0 Å². The minimum Gasteiger partial charge on any atom is -0.790 e. The second kappa shape index (κ2) is 20.3. The van der Waals surface area contributed by atoms with Crippen molar-refractivity contribution in [2.75, 3.05) is 0 Å². The van der Waals surface area contributed by atoms with Crippen molar-refractivity contribution in [2.45, 2.75) is 0 Å². The third kappa shape index (κ3) is 3960. The van der Waals surface area contributed by atoms with Gasteiger partial charge in [0.15, 0.2) is 0 Å². The molecule has 0 atom stereocenters. The zero-order chi connectivity index (χ0) is 13.5. The normalized spacial score (nSPS) is 8.85. The first-order valence-corrected chi connectivity index (χ1v) is 6.73. The SMILES string of the molecule is O.O.O.O=P([O-])([O-])O.O=P([O-])([O-])O.O=P([O-])([O-])O.[Al+3].[Al+3]. The van der Waals surface area contributed by atoms with Crippen molar-refractivity contribution in [1.29, 1.82) is 0 Å². The molecule has 0 aromatic carbocycles. The molecule has 0 saturated heterocycles. The Labute approximate surface area is 132 Å². The molecule has 20 heavy (non-hydrogen) atoms. The Balaban J connectivity index is -0.0000000160. The van der Waals surface area contributed by atoms with E-state index in [0.717, 1.165) is 0 Å². The molecular formula is H9Al2O15P3. The zero-order valence-electron chi connectivity index (χ0n) is 9.01. The van der Waals surface area contributed by atoms with E-state index in [9.17, 15) is 0 Å². The first kappa shape index (κ1) is 49.6. The summed E-state index contributed by atoms with van der Waals surface area (Å²) in [5.41, 5.74) is 0. The molecule has 0 unspecified atom stereocenters. The van der Waals surface area contributed by atoms with Crippen LogP contribution in [0.2, 0.25) is 0 Å². The van der Waals surface area contributed by atoms with Crippen LogP contribution in [0.25, 0.3) is 0 Å². The van der Waals surface area contributed by atoms with Gasteiger partial charge in [0.05, 0.1) is 23.5 Å². The maximum absolute atomic E-state index is 8.66. The summed E-state index contributed by atoms with van der Waals surface area (Å²) in [4.78, 5) is 72.9. The maximum atomic E-state index is 8.66.